The van der Waals surface area contributed by atoms with Gasteiger partial charge in [-0.2, -0.15) is 0 Å². The van der Waals surface area contributed by atoms with Gasteiger partial charge in [-0.15, -0.1) is 0 Å². The van der Waals surface area contributed by atoms with Gasteiger partial charge in [0.05, 0.1) is 33.0 Å². The van der Waals surface area contributed by atoms with E-state index >= 15 is 0 Å². The maximum atomic E-state index is 12.1. The first kappa shape index (κ1) is 29.0. The van der Waals surface area contributed by atoms with Crippen molar-refractivity contribution in [3.63, 3.8) is 0 Å². The predicted molar refractivity (Wildman–Crippen MR) is 144 cm³/mol. The average Bonchev–Trinajstić information content (AvgIpc) is 2.81. The molecule has 0 bridgehead atoms. The van der Waals surface area contributed by atoms with Crippen LogP contribution in [0, 0.1) is 0 Å². The number of benzene rings is 2. The van der Waals surface area contributed by atoms with Crippen LogP contribution in [0.2, 0.25) is 18.1 Å². The number of hydrogen-bond donors (Lipinski definition) is 0. The molecule has 0 radical (unpaired) electrons. The van der Waals surface area contributed by atoms with Crippen LogP contribution in [0.3, 0.4) is 0 Å². The number of hydrogen-bond acceptors (Lipinski definition) is 7. The number of carbonyl (C=O) groups excluding carboxylic acids is 2. The van der Waals surface area contributed by atoms with Crippen LogP contribution in [-0.4, -0.2) is 47.5 Å². The molecule has 36 heavy (non-hydrogen) atoms. The quantitative estimate of drug-likeness (QED) is 0.108. The molecule has 7 nitrogen and oxygen atoms in total. The molecule has 0 saturated heterocycles. The van der Waals surface area contributed by atoms with Crippen molar-refractivity contribution in [1.29, 1.82) is 0 Å². The Hall–Kier alpha value is -3.26. The van der Waals surface area contributed by atoms with E-state index in [1.165, 1.54) is 13.0 Å². The fourth-order valence-corrected chi connectivity index (χ4v) is 3.99. The lowest BCUT2D eigenvalue weighted by Crippen LogP contribution is -2.43. The van der Waals surface area contributed by atoms with Crippen LogP contribution in [-0.2, 0) is 9.53 Å². The average molecular weight is 515 g/mol. The number of ketones is 1. The SMILES string of the molecule is COc1ccc(C(C)=O)c(OCCCOC(=O)/C=C/c2ccc(O[Si](C)(C)C(C)(C)C)c(OC)c2)c1. The molecule has 0 atom stereocenters. The molecule has 0 aliphatic rings. The monoisotopic (exact) mass is 514 g/mol. The summed E-state index contributed by atoms with van der Waals surface area (Å²) < 4.78 is 28.0. The van der Waals surface area contributed by atoms with E-state index in [0.717, 1.165) is 5.56 Å². The summed E-state index contributed by atoms with van der Waals surface area (Å²) in [6, 6.07) is 10.6. The number of carbonyl (C=O) groups is 2. The van der Waals surface area contributed by atoms with Crippen LogP contribution < -0.4 is 18.6 Å². The minimum absolute atomic E-state index is 0.0645. The minimum Gasteiger partial charge on any atom is -0.541 e. The highest BCUT2D eigenvalue weighted by molar-refractivity contribution is 6.74. The molecular formula is C28H38O7Si. The first-order valence-corrected chi connectivity index (χ1v) is 14.8. The molecule has 0 aromatic heterocycles. The Bertz CT molecular complexity index is 1080. The highest BCUT2D eigenvalue weighted by atomic mass is 28.4. The molecule has 8 heteroatoms. The van der Waals surface area contributed by atoms with E-state index in [1.54, 1.807) is 38.5 Å². The van der Waals surface area contributed by atoms with Crippen molar-refractivity contribution in [2.24, 2.45) is 0 Å². The fourth-order valence-electron chi connectivity index (χ4n) is 2.97. The van der Waals surface area contributed by atoms with Crippen LogP contribution in [0.4, 0.5) is 0 Å². The van der Waals surface area contributed by atoms with Gasteiger partial charge in [-0.1, -0.05) is 26.8 Å². The van der Waals surface area contributed by atoms with Crippen molar-refractivity contribution >= 4 is 26.1 Å². The molecule has 0 N–H and O–H groups in total. The molecule has 0 aliphatic heterocycles. The summed E-state index contributed by atoms with van der Waals surface area (Å²) in [4.78, 5) is 23.9. The maximum absolute atomic E-state index is 12.1. The molecule has 2 aromatic carbocycles. The summed E-state index contributed by atoms with van der Waals surface area (Å²) in [5.74, 6) is 1.82. The molecule has 0 spiro atoms. The third-order valence-electron chi connectivity index (χ3n) is 6.13. The van der Waals surface area contributed by atoms with Gasteiger partial charge in [0, 0.05) is 18.6 Å². The van der Waals surface area contributed by atoms with Gasteiger partial charge in [0.2, 0.25) is 0 Å². The first-order valence-electron chi connectivity index (χ1n) is 11.9. The van der Waals surface area contributed by atoms with Gasteiger partial charge in [0.15, 0.2) is 11.5 Å². The van der Waals surface area contributed by atoms with Gasteiger partial charge >= 0.3 is 5.97 Å². The Labute approximate surface area is 215 Å². The van der Waals surface area contributed by atoms with E-state index in [9.17, 15) is 9.59 Å². The van der Waals surface area contributed by atoms with Crippen LogP contribution in [0.25, 0.3) is 6.08 Å². The van der Waals surface area contributed by atoms with Crippen molar-refractivity contribution in [3.8, 4) is 23.0 Å². The molecule has 0 amide bonds. The minimum atomic E-state index is -2.01. The maximum Gasteiger partial charge on any atom is 0.330 e. The van der Waals surface area contributed by atoms with Gasteiger partial charge in [-0.25, -0.2) is 4.79 Å². The highest BCUT2D eigenvalue weighted by Gasteiger charge is 2.39. The number of ether oxygens (including phenoxy) is 4. The Kier molecular flexibility index (Phi) is 10.2. The van der Waals surface area contributed by atoms with E-state index in [0.29, 0.717) is 35.0 Å². The lowest BCUT2D eigenvalue weighted by Gasteiger charge is -2.36. The highest BCUT2D eigenvalue weighted by Crippen LogP contribution is 2.40. The van der Waals surface area contributed by atoms with E-state index in [-0.39, 0.29) is 24.0 Å². The second-order valence-corrected chi connectivity index (χ2v) is 14.6. The second-order valence-electron chi connectivity index (χ2n) is 9.89. The normalized spacial score (nSPS) is 11.8. The third-order valence-corrected chi connectivity index (χ3v) is 10.5. The zero-order chi connectivity index (χ0) is 26.9. The summed E-state index contributed by atoms with van der Waals surface area (Å²) in [5, 5.41) is 0.0645. The molecule has 0 aliphatic carbocycles. The van der Waals surface area contributed by atoms with E-state index in [4.69, 9.17) is 23.4 Å². The van der Waals surface area contributed by atoms with Crippen LogP contribution in [0.15, 0.2) is 42.5 Å². The van der Waals surface area contributed by atoms with Gasteiger partial charge in [0.1, 0.15) is 17.2 Å². The molecule has 196 valence electrons. The molecule has 0 saturated carbocycles. The van der Waals surface area contributed by atoms with Gasteiger partial charge in [-0.05, 0) is 61.0 Å². The molecule has 2 rings (SSSR count). The van der Waals surface area contributed by atoms with Crippen molar-refractivity contribution in [3.05, 3.63) is 53.6 Å². The standard InChI is InChI=1S/C28H38O7Si/c1-20(29)23-13-12-22(31-5)19-25(23)33-16-9-17-34-27(30)15-11-21-10-14-24(26(18-21)32-6)35-36(7,8)28(2,3)4/h10-15,18-19H,9,16-17H2,1-8H3/b15-11+. The summed E-state index contributed by atoms with van der Waals surface area (Å²) in [6.45, 7) is 12.9. The lowest BCUT2D eigenvalue weighted by molar-refractivity contribution is -0.137. The first-order chi connectivity index (χ1) is 16.9. The fraction of sp³-hybridized carbons (Fsp3) is 0.429. The largest absolute Gasteiger partial charge is 0.541 e. The Morgan fingerprint density at radius 3 is 2.25 bits per heavy atom. The second kappa shape index (κ2) is 12.6. The predicted octanol–water partition coefficient (Wildman–Crippen LogP) is 6.32. The van der Waals surface area contributed by atoms with Gasteiger partial charge < -0.3 is 23.4 Å². The van der Waals surface area contributed by atoms with Crippen LogP contribution >= 0.6 is 0 Å². The van der Waals surface area contributed by atoms with Gasteiger partial charge in [0.25, 0.3) is 8.32 Å². The topological polar surface area (TPSA) is 80.3 Å². The van der Waals surface area contributed by atoms with E-state index in [2.05, 4.69) is 33.9 Å². The van der Waals surface area contributed by atoms with Gasteiger partial charge in [-0.3, -0.25) is 4.79 Å². The zero-order valence-electron chi connectivity index (χ0n) is 22.6. The van der Waals surface area contributed by atoms with Crippen molar-refractivity contribution < 1.29 is 33.0 Å². The molecule has 0 fully saturated rings. The van der Waals surface area contributed by atoms with Crippen molar-refractivity contribution in [1.82, 2.24) is 0 Å². The molecule has 2 aromatic rings. The van der Waals surface area contributed by atoms with E-state index < -0.39 is 14.3 Å². The Morgan fingerprint density at radius 1 is 0.917 bits per heavy atom. The Morgan fingerprint density at radius 2 is 1.64 bits per heavy atom. The third kappa shape index (κ3) is 8.15. The van der Waals surface area contributed by atoms with Crippen molar-refractivity contribution in [2.45, 2.75) is 52.2 Å². The number of methoxy groups -OCH3 is 2. The smallest absolute Gasteiger partial charge is 0.330 e. The molecule has 0 unspecified atom stereocenters. The summed E-state index contributed by atoms with van der Waals surface area (Å²) in [5.41, 5.74) is 1.27. The summed E-state index contributed by atoms with van der Waals surface area (Å²) in [7, 11) is 1.14. The van der Waals surface area contributed by atoms with Crippen LogP contribution in [0.5, 0.6) is 23.0 Å². The molecule has 0 heterocycles. The lowest BCUT2D eigenvalue weighted by atomic mass is 10.1. The summed E-state index contributed by atoms with van der Waals surface area (Å²) in [6.07, 6.45) is 3.52. The van der Waals surface area contributed by atoms with E-state index in [1.807, 2.05) is 18.2 Å². The summed E-state index contributed by atoms with van der Waals surface area (Å²) >= 11 is 0. The molecular weight excluding hydrogens is 476 g/mol. The Balaban J connectivity index is 1.88. The number of rotatable bonds is 12. The van der Waals surface area contributed by atoms with Crippen molar-refractivity contribution in [2.75, 3.05) is 27.4 Å². The number of Topliss-reactive ketones (excluding diaryl/α,β-unsaturated/α-hetero) is 1. The van der Waals surface area contributed by atoms with Crippen LogP contribution in [0.1, 0.15) is 50.0 Å². The number of esters is 1. The zero-order valence-corrected chi connectivity index (χ0v) is 23.6.